The summed E-state index contributed by atoms with van der Waals surface area (Å²) in [7, 11) is 0. The lowest BCUT2D eigenvalue weighted by molar-refractivity contribution is -0.156. The molecular weight excluding hydrogens is 410 g/mol. The first-order valence-corrected chi connectivity index (χ1v) is 10.4. The highest BCUT2D eigenvalue weighted by Crippen LogP contribution is 2.19. The van der Waals surface area contributed by atoms with Crippen LogP contribution in [0.2, 0.25) is 5.02 Å². The van der Waals surface area contributed by atoms with Gasteiger partial charge >= 0.3 is 11.8 Å². The summed E-state index contributed by atoms with van der Waals surface area (Å²) in [5.74, 6) is -1.89. The normalized spacial score (nSPS) is 17.4. The van der Waals surface area contributed by atoms with Gasteiger partial charge in [0.1, 0.15) is 6.54 Å². The molecule has 9 nitrogen and oxygen atoms in total. The van der Waals surface area contributed by atoms with E-state index in [4.69, 9.17) is 11.6 Å². The number of nitrogens with zero attached hydrogens (tertiary/aromatic N) is 4. The Morgan fingerprint density at radius 2 is 1.53 bits per heavy atom. The first-order valence-electron chi connectivity index (χ1n) is 10.0. The number of rotatable bonds is 6. The van der Waals surface area contributed by atoms with Crippen molar-refractivity contribution < 1.29 is 19.2 Å². The van der Waals surface area contributed by atoms with Crippen LogP contribution < -0.4 is 10.2 Å². The molecule has 0 spiro atoms. The lowest BCUT2D eigenvalue weighted by Crippen LogP contribution is -2.56. The Morgan fingerprint density at radius 1 is 0.933 bits per heavy atom. The van der Waals surface area contributed by atoms with Crippen LogP contribution >= 0.6 is 11.6 Å². The van der Waals surface area contributed by atoms with Crippen molar-refractivity contribution in [1.82, 2.24) is 20.0 Å². The van der Waals surface area contributed by atoms with Crippen molar-refractivity contribution in [2.24, 2.45) is 0 Å². The van der Waals surface area contributed by atoms with Gasteiger partial charge in [0.15, 0.2) is 0 Å². The lowest BCUT2D eigenvalue weighted by atomic mass is 10.2. The summed E-state index contributed by atoms with van der Waals surface area (Å²) in [6.45, 7) is 5.14. The monoisotopic (exact) mass is 435 g/mol. The van der Waals surface area contributed by atoms with Crippen LogP contribution in [-0.2, 0) is 19.2 Å². The molecule has 2 saturated heterocycles. The smallest absolute Gasteiger partial charge is 0.312 e. The van der Waals surface area contributed by atoms with Crippen molar-refractivity contribution in [2.75, 3.05) is 63.8 Å². The number of hydrogen-bond acceptors (Lipinski definition) is 5. The summed E-state index contributed by atoms with van der Waals surface area (Å²) >= 11 is 5.92. The topological polar surface area (TPSA) is 93.3 Å². The molecule has 0 atom stereocenters. The molecule has 30 heavy (non-hydrogen) atoms. The van der Waals surface area contributed by atoms with Crippen molar-refractivity contribution >= 4 is 40.9 Å². The molecule has 1 aromatic carbocycles. The van der Waals surface area contributed by atoms with Gasteiger partial charge in [-0.3, -0.25) is 19.2 Å². The van der Waals surface area contributed by atoms with Gasteiger partial charge in [0.05, 0.1) is 6.54 Å². The van der Waals surface area contributed by atoms with Crippen molar-refractivity contribution in [3.63, 3.8) is 0 Å². The van der Waals surface area contributed by atoms with Crippen LogP contribution in [0.15, 0.2) is 24.3 Å². The molecule has 0 bridgehead atoms. The van der Waals surface area contributed by atoms with Crippen LogP contribution in [0.25, 0.3) is 0 Å². The van der Waals surface area contributed by atoms with E-state index in [1.807, 2.05) is 24.3 Å². The number of anilines is 1. The van der Waals surface area contributed by atoms with Crippen molar-refractivity contribution in [2.45, 2.75) is 6.92 Å². The predicted octanol–water partition coefficient (Wildman–Crippen LogP) is -0.204. The third kappa shape index (κ3) is 5.21. The van der Waals surface area contributed by atoms with Crippen LogP contribution in [0.3, 0.4) is 0 Å². The summed E-state index contributed by atoms with van der Waals surface area (Å²) in [5, 5.41) is 3.24. The summed E-state index contributed by atoms with van der Waals surface area (Å²) in [5.41, 5.74) is 1.06. The molecule has 1 N–H and O–H groups in total. The molecule has 0 saturated carbocycles. The molecule has 162 valence electrons. The van der Waals surface area contributed by atoms with Gasteiger partial charge in [-0.05, 0) is 31.2 Å². The molecule has 0 unspecified atom stereocenters. The second-order valence-electron chi connectivity index (χ2n) is 7.23. The minimum Gasteiger partial charge on any atom is -0.368 e. The van der Waals surface area contributed by atoms with Gasteiger partial charge < -0.3 is 24.9 Å². The zero-order valence-corrected chi connectivity index (χ0v) is 17.7. The number of benzene rings is 1. The van der Waals surface area contributed by atoms with Crippen LogP contribution in [0.4, 0.5) is 5.69 Å². The molecule has 0 aliphatic carbocycles. The van der Waals surface area contributed by atoms with Crippen LogP contribution in [0.1, 0.15) is 6.92 Å². The van der Waals surface area contributed by atoms with E-state index in [2.05, 4.69) is 10.2 Å². The Kier molecular flexibility index (Phi) is 7.15. The Labute approximate surface area is 180 Å². The zero-order valence-electron chi connectivity index (χ0n) is 17.0. The second kappa shape index (κ2) is 9.80. The molecule has 2 aliphatic heterocycles. The third-order valence-electron chi connectivity index (χ3n) is 5.37. The number of likely N-dealkylation sites (N-methyl/N-ethyl adjacent to an activating group) is 1. The minimum absolute atomic E-state index is 0.128. The summed E-state index contributed by atoms with van der Waals surface area (Å²) in [4.78, 5) is 55.1. The van der Waals surface area contributed by atoms with Crippen molar-refractivity contribution in [3.05, 3.63) is 29.3 Å². The molecule has 2 heterocycles. The number of piperazine rings is 2. The highest BCUT2D eigenvalue weighted by atomic mass is 35.5. The first-order chi connectivity index (χ1) is 14.4. The number of nitrogens with one attached hydrogen (secondary N) is 1. The van der Waals surface area contributed by atoms with Crippen LogP contribution in [0, 0.1) is 0 Å². The molecule has 2 aliphatic rings. The maximum Gasteiger partial charge on any atom is 0.312 e. The molecule has 3 rings (SSSR count). The van der Waals surface area contributed by atoms with Crippen molar-refractivity contribution in [1.29, 1.82) is 0 Å². The van der Waals surface area contributed by atoms with E-state index in [-0.39, 0.29) is 19.0 Å². The molecule has 10 heteroatoms. The number of hydrogen-bond donors (Lipinski definition) is 1. The fourth-order valence-corrected chi connectivity index (χ4v) is 3.67. The Balaban J connectivity index is 1.40. The number of halogens is 1. The number of amides is 4. The van der Waals surface area contributed by atoms with Gasteiger partial charge in [-0.2, -0.15) is 0 Å². The molecule has 2 fully saturated rings. The van der Waals surface area contributed by atoms with E-state index in [0.717, 1.165) is 5.69 Å². The van der Waals surface area contributed by atoms with Crippen molar-refractivity contribution in [3.8, 4) is 0 Å². The van der Waals surface area contributed by atoms with Crippen LogP contribution in [0.5, 0.6) is 0 Å². The highest BCUT2D eigenvalue weighted by Gasteiger charge is 2.32. The molecule has 4 amide bonds. The van der Waals surface area contributed by atoms with Gasteiger partial charge in [0.25, 0.3) is 0 Å². The second-order valence-corrected chi connectivity index (χ2v) is 7.67. The summed E-state index contributed by atoms with van der Waals surface area (Å²) in [6, 6.07) is 7.58. The van der Waals surface area contributed by atoms with E-state index < -0.39 is 17.7 Å². The maximum absolute atomic E-state index is 12.4. The molecular formula is C20H26ClN5O4. The highest BCUT2D eigenvalue weighted by molar-refractivity contribution is 6.35. The molecule has 0 radical (unpaired) electrons. The Bertz CT molecular complexity index is 808. The van der Waals surface area contributed by atoms with Gasteiger partial charge in [0.2, 0.25) is 11.8 Å². The van der Waals surface area contributed by atoms with E-state index in [0.29, 0.717) is 50.8 Å². The van der Waals surface area contributed by atoms with Gasteiger partial charge in [-0.25, -0.2) is 0 Å². The quantitative estimate of drug-likeness (QED) is 0.624. The number of carbonyl (C=O) groups excluding carboxylic acids is 4. The first kappa shape index (κ1) is 21.9. The van der Waals surface area contributed by atoms with E-state index in [9.17, 15) is 19.2 Å². The minimum atomic E-state index is -0.678. The summed E-state index contributed by atoms with van der Waals surface area (Å²) in [6.07, 6.45) is 0. The summed E-state index contributed by atoms with van der Waals surface area (Å²) < 4.78 is 0. The zero-order chi connectivity index (χ0) is 21.7. The number of carbonyl (C=O) groups is 4. The molecule has 1 aromatic rings. The predicted molar refractivity (Wildman–Crippen MR) is 112 cm³/mol. The van der Waals surface area contributed by atoms with Gasteiger partial charge in [0, 0.05) is 56.5 Å². The van der Waals surface area contributed by atoms with Crippen LogP contribution in [-0.4, -0.2) is 97.2 Å². The third-order valence-corrected chi connectivity index (χ3v) is 5.63. The van der Waals surface area contributed by atoms with Gasteiger partial charge in [-0.1, -0.05) is 11.6 Å². The van der Waals surface area contributed by atoms with Gasteiger partial charge in [-0.15, -0.1) is 0 Å². The maximum atomic E-state index is 12.4. The standard InChI is InChI=1S/C20H26ClN5O4/c1-2-23-7-12-26(20(30)19(23)29)14-17(27)22-13-18(28)25-10-8-24(9-11-25)16-5-3-15(21)4-6-16/h3-6H,2,7-14H2,1H3,(H,22,27). The Morgan fingerprint density at radius 3 is 2.17 bits per heavy atom. The fraction of sp³-hybridized carbons (Fsp3) is 0.500. The Hall–Kier alpha value is -2.81. The van der Waals surface area contributed by atoms with E-state index in [1.54, 1.807) is 11.8 Å². The SMILES string of the molecule is CCN1CCN(CC(=O)NCC(=O)N2CCN(c3ccc(Cl)cc3)CC2)C(=O)C1=O. The van der Waals surface area contributed by atoms with E-state index >= 15 is 0 Å². The largest absolute Gasteiger partial charge is 0.368 e. The van der Waals surface area contributed by atoms with E-state index in [1.165, 1.54) is 9.80 Å². The fourth-order valence-electron chi connectivity index (χ4n) is 3.55. The lowest BCUT2D eigenvalue weighted by Gasteiger charge is -2.36. The molecule has 0 aromatic heterocycles. The average molecular weight is 436 g/mol. The average Bonchev–Trinajstić information content (AvgIpc) is 2.76.